The molecule has 18 heavy (non-hydrogen) atoms. The molecule has 2 aromatic rings. The van der Waals surface area contributed by atoms with Crippen molar-refractivity contribution in [3.63, 3.8) is 0 Å². The van der Waals surface area contributed by atoms with Crippen LogP contribution in [0.15, 0.2) is 46.2 Å². The number of methoxy groups -OCH3 is 1. The van der Waals surface area contributed by atoms with Gasteiger partial charge in [-0.2, -0.15) is 0 Å². The summed E-state index contributed by atoms with van der Waals surface area (Å²) >= 11 is 0. The van der Waals surface area contributed by atoms with Crippen molar-refractivity contribution in [1.29, 1.82) is 0 Å². The van der Waals surface area contributed by atoms with Gasteiger partial charge in [0, 0.05) is 0 Å². The van der Waals surface area contributed by atoms with Gasteiger partial charge in [0.15, 0.2) is 0 Å². The van der Waals surface area contributed by atoms with Gasteiger partial charge < -0.3 is 10.1 Å². The minimum absolute atomic E-state index is 0.716. The van der Waals surface area contributed by atoms with E-state index in [2.05, 4.69) is 5.32 Å². The Balaban J connectivity index is 2.25. The Labute approximate surface area is 108 Å². The van der Waals surface area contributed by atoms with Crippen LogP contribution in [0.25, 0.3) is 0 Å². The predicted molar refractivity (Wildman–Crippen MR) is 72.1 cm³/mol. The lowest BCUT2D eigenvalue weighted by atomic mass is 10.2. The Bertz CT molecular complexity index is 652. The Morgan fingerprint density at radius 3 is 2.72 bits per heavy atom. The third-order valence-electron chi connectivity index (χ3n) is 3.06. The molecule has 1 aliphatic heterocycles. The molecule has 0 aliphatic carbocycles. The first-order chi connectivity index (χ1) is 8.72. The lowest BCUT2D eigenvalue weighted by Gasteiger charge is -2.23. The molecule has 1 unspecified atom stereocenters. The maximum atomic E-state index is 12.6. The minimum Gasteiger partial charge on any atom is -0.495 e. The van der Waals surface area contributed by atoms with E-state index in [0.717, 1.165) is 26.7 Å². The van der Waals surface area contributed by atoms with Crippen LogP contribution in [-0.4, -0.2) is 11.3 Å². The summed E-state index contributed by atoms with van der Waals surface area (Å²) in [5.41, 5.74) is 2.73. The van der Waals surface area contributed by atoms with Gasteiger partial charge in [-0.3, -0.25) is 0 Å². The molecule has 1 atom stereocenters. The SMILES string of the molecule is COc1cccc2c1Nc1cccc(C)c1S2=O. The van der Waals surface area contributed by atoms with Crippen molar-refractivity contribution in [1.82, 2.24) is 0 Å². The number of aryl methyl sites for hydroxylation is 1. The van der Waals surface area contributed by atoms with E-state index in [1.165, 1.54) is 0 Å². The van der Waals surface area contributed by atoms with Crippen LogP contribution >= 0.6 is 0 Å². The van der Waals surface area contributed by atoms with E-state index in [4.69, 9.17) is 4.74 Å². The van der Waals surface area contributed by atoms with Crippen LogP contribution in [-0.2, 0) is 10.8 Å². The number of rotatable bonds is 1. The van der Waals surface area contributed by atoms with Crippen molar-refractivity contribution in [2.75, 3.05) is 12.4 Å². The molecular formula is C14H13NO2S. The summed E-state index contributed by atoms with van der Waals surface area (Å²) in [5.74, 6) is 0.716. The first kappa shape index (κ1) is 11.3. The number of para-hydroxylation sites is 1. The van der Waals surface area contributed by atoms with E-state index in [1.807, 2.05) is 43.3 Å². The highest BCUT2D eigenvalue weighted by Gasteiger charge is 2.25. The Morgan fingerprint density at radius 1 is 1.17 bits per heavy atom. The molecule has 2 aromatic carbocycles. The highest BCUT2D eigenvalue weighted by molar-refractivity contribution is 7.85. The van der Waals surface area contributed by atoms with E-state index in [1.54, 1.807) is 7.11 Å². The lowest BCUT2D eigenvalue weighted by molar-refractivity contribution is 0.415. The zero-order valence-electron chi connectivity index (χ0n) is 10.2. The molecular weight excluding hydrogens is 246 g/mol. The second-order valence-corrected chi connectivity index (χ2v) is 5.56. The Morgan fingerprint density at radius 2 is 1.94 bits per heavy atom. The van der Waals surface area contributed by atoms with Gasteiger partial charge in [-0.1, -0.05) is 18.2 Å². The molecule has 1 N–H and O–H groups in total. The zero-order chi connectivity index (χ0) is 12.7. The molecule has 1 aliphatic rings. The van der Waals surface area contributed by atoms with E-state index >= 15 is 0 Å². The summed E-state index contributed by atoms with van der Waals surface area (Å²) in [6.45, 7) is 1.98. The summed E-state index contributed by atoms with van der Waals surface area (Å²) in [7, 11) is 0.461. The maximum Gasteiger partial charge on any atom is 0.143 e. The van der Waals surface area contributed by atoms with Crippen molar-refractivity contribution < 1.29 is 8.95 Å². The van der Waals surface area contributed by atoms with E-state index in [9.17, 15) is 4.21 Å². The average Bonchev–Trinajstić information content (AvgIpc) is 2.38. The standard InChI is InChI=1S/C14H13NO2S/c1-9-5-3-6-10-14(9)18(16)12-8-4-7-11(17-2)13(12)15-10/h3-8,15H,1-2H3. The summed E-state index contributed by atoms with van der Waals surface area (Å²) in [4.78, 5) is 1.63. The average molecular weight is 259 g/mol. The topological polar surface area (TPSA) is 38.3 Å². The first-order valence-corrected chi connectivity index (χ1v) is 6.83. The summed E-state index contributed by atoms with van der Waals surface area (Å²) in [6, 6.07) is 11.5. The fraction of sp³-hybridized carbons (Fsp3) is 0.143. The fourth-order valence-electron chi connectivity index (χ4n) is 2.20. The van der Waals surface area contributed by atoms with Crippen LogP contribution in [0.3, 0.4) is 0 Å². The molecule has 0 radical (unpaired) electrons. The third kappa shape index (κ3) is 1.53. The second kappa shape index (κ2) is 4.14. The Kier molecular flexibility index (Phi) is 2.59. The molecule has 92 valence electrons. The fourth-order valence-corrected chi connectivity index (χ4v) is 3.64. The highest BCUT2D eigenvalue weighted by atomic mass is 32.2. The number of hydrogen-bond donors (Lipinski definition) is 1. The number of hydrogen-bond acceptors (Lipinski definition) is 3. The quantitative estimate of drug-likeness (QED) is 0.729. The van der Waals surface area contributed by atoms with Gasteiger partial charge in [0.05, 0.1) is 39.1 Å². The van der Waals surface area contributed by atoms with Gasteiger partial charge >= 0.3 is 0 Å². The van der Waals surface area contributed by atoms with Crippen molar-refractivity contribution in [2.45, 2.75) is 16.7 Å². The molecule has 0 saturated heterocycles. The smallest absolute Gasteiger partial charge is 0.143 e. The minimum atomic E-state index is -1.16. The van der Waals surface area contributed by atoms with Crippen LogP contribution in [0, 0.1) is 6.92 Å². The van der Waals surface area contributed by atoms with Crippen molar-refractivity contribution in [3.05, 3.63) is 42.0 Å². The number of benzene rings is 2. The van der Waals surface area contributed by atoms with Gasteiger partial charge in [0.2, 0.25) is 0 Å². The van der Waals surface area contributed by atoms with Crippen molar-refractivity contribution in [3.8, 4) is 5.75 Å². The molecule has 4 heteroatoms. The molecule has 0 bridgehead atoms. The summed E-state index contributed by atoms with van der Waals surface area (Å²) in [5, 5.41) is 3.31. The molecule has 0 saturated carbocycles. The van der Waals surface area contributed by atoms with Crippen LogP contribution in [0.2, 0.25) is 0 Å². The molecule has 0 fully saturated rings. The van der Waals surface area contributed by atoms with Gasteiger partial charge in [0.25, 0.3) is 0 Å². The number of anilines is 2. The van der Waals surface area contributed by atoms with Crippen molar-refractivity contribution in [2.24, 2.45) is 0 Å². The lowest BCUT2D eigenvalue weighted by Crippen LogP contribution is -2.11. The monoisotopic (exact) mass is 259 g/mol. The van der Waals surface area contributed by atoms with Crippen LogP contribution in [0.5, 0.6) is 5.75 Å². The molecule has 0 amide bonds. The van der Waals surface area contributed by atoms with Gasteiger partial charge in [-0.25, -0.2) is 4.21 Å². The first-order valence-electron chi connectivity index (χ1n) is 5.68. The van der Waals surface area contributed by atoms with Gasteiger partial charge in [-0.15, -0.1) is 0 Å². The normalized spacial score (nSPS) is 16.4. The van der Waals surface area contributed by atoms with E-state index < -0.39 is 10.8 Å². The van der Waals surface area contributed by atoms with E-state index in [-0.39, 0.29) is 0 Å². The maximum absolute atomic E-state index is 12.6. The number of nitrogens with one attached hydrogen (secondary N) is 1. The molecule has 0 spiro atoms. The van der Waals surface area contributed by atoms with E-state index in [0.29, 0.717) is 5.75 Å². The van der Waals surface area contributed by atoms with Crippen molar-refractivity contribution >= 4 is 22.2 Å². The summed E-state index contributed by atoms with van der Waals surface area (Å²) < 4.78 is 17.9. The molecule has 0 aromatic heterocycles. The predicted octanol–water partition coefficient (Wildman–Crippen LogP) is 3.23. The number of ether oxygens (including phenoxy) is 1. The largest absolute Gasteiger partial charge is 0.495 e. The van der Waals surface area contributed by atoms with Crippen LogP contribution < -0.4 is 10.1 Å². The highest BCUT2D eigenvalue weighted by Crippen LogP contribution is 2.42. The summed E-state index contributed by atoms with van der Waals surface area (Å²) in [6.07, 6.45) is 0. The van der Waals surface area contributed by atoms with Gasteiger partial charge in [-0.05, 0) is 30.7 Å². The number of fused-ring (bicyclic) bond motifs is 2. The third-order valence-corrected chi connectivity index (χ3v) is 4.72. The van der Waals surface area contributed by atoms with Crippen LogP contribution in [0.4, 0.5) is 11.4 Å². The molecule has 1 heterocycles. The van der Waals surface area contributed by atoms with Crippen LogP contribution in [0.1, 0.15) is 5.56 Å². The molecule has 3 rings (SSSR count). The Hall–Kier alpha value is -1.81. The second-order valence-electron chi connectivity index (χ2n) is 4.18. The molecule has 3 nitrogen and oxygen atoms in total. The van der Waals surface area contributed by atoms with Gasteiger partial charge in [0.1, 0.15) is 5.75 Å². The zero-order valence-corrected chi connectivity index (χ0v) is 11.0.